The number of hydrogen-bond acceptors (Lipinski definition) is 6. The molecule has 6 N–H and O–H groups in total. The number of hydrazine groups is 1. The molecule has 0 unspecified atom stereocenters. The van der Waals surface area contributed by atoms with Gasteiger partial charge in [0.05, 0.1) is 0 Å². The van der Waals surface area contributed by atoms with Gasteiger partial charge in [-0.05, 0) is 20.3 Å². The van der Waals surface area contributed by atoms with E-state index in [-0.39, 0.29) is 12.3 Å². The highest BCUT2D eigenvalue weighted by atomic mass is 16.1. The van der Waals surface area contributed by atoms with Crippen LogP contribution in [-0.4, -0.2) is 21.4 Å². The van der Waals surface area contributed by atoms with Gasteiger partial charge in [0.1, 0.15) is 18.0 Å². The summed E-state index contributed by atoms with van der Waals surface area (Å²) in [4.78, 5) is 19.2. The van der Waals surface area contributed by atoms with Crippen LogP contribution in [0.25, 0.3) is 0 Å². The van der Waals surface area contributed by atoms with E-state index in [2.05, 4.69) is 20.7 Å². The van der Waals surface area contributed by atoms with E-state index in [9.17, 15) is 4.79 Å². The minimum absolute atomic E-state index is 0.214. The summed E-state index contributed by atoms with van der Waals surface area (Å²) in [6.45, 7) is 5.75. The molecule has 0 saturated heterocycles. The minimum atomic E-state index is -0.476. The van der Waals surface area contributed by atoms with Gasteiger partial charge in [-0.25, -0.2) is 15.8 Å². The molecule has 0 aliphatic heterocycles. The van der Waals surface area contributed by atoms with Crippen LogP contribution in [0, 0.1) is 0 Å². The van der Waals surface area contributed by atoms with Crippen molar-refractivity contribution in [2.45, 2.75) is 39.2 Å². The highest BCUT2D eigenvalue weighted by Gasteiger charge is 2.22. The number of aromatic nitrogens is 2. The fourth-order valence-corrected chi connectivity index (χ4v) is 1.78. The molecule has 0 atom stereocenters. The standard InChI is InChI=1S/C11H20N6O/c1-4-7-9(14-6-15-10(7)17-13)16-11(2,3)5-8(12)18/h6H,4-5,13H2,1-3H3,(H2,12,18)(H2,14,15,16,17). The largest absolute Gasteiger partial charge is 0.370 e. The molecule has 1 heterocycles. The summed E-state index contributed by atoms with van der Waals surface area (Å²) < 4.78 is 0. The van der Waals surface area contributed by atoms with Crippen LogP contribution in [0.3, 0.4) is 0 Å². The number of anilines is 2. The van der Waals surface area contributed by atoms with Crippen LogP contribution in [0.2, 0.25) is 0 Å². The van der Waals surface area contributed by atoms with Crippen LogP contribution in [0.4, 0.5) is 11.6 Å². The second-order valence-electron chi connectivity index (χ2n) is 4.70. The Hall–Kier alpha value is -1.89. The van der Waals surface area contributed by atoms with Crippen LogP contribution < -0.4 is 22.3 Å². The Morgan fingerprint density at radius 3 is 2.50 bits per heavy atom. The lowest BCUT2D eigenvalue weighted by atomic mass is 10.00. The van der Waals surface area contributed by atoms with Crippen molar-refractivity contribution in [2.24, 2.45) is 11.6 Å². The lowest BCUT2D eigenvalue weighted by molar-refractivity contribution is -0.118. The summed E-state index contributed by atoms with van der Waals surface area (Å²) >= 11 is 0. The maximum absolute atomic E-state index is 11.0. The summed E-state index contributed by atoms with van der Waals surface area (Å²) in [7, 11) is 0. The summed E-state index contributed by atoms with van der Waals surface area (Å²) in [5, 5.41) is 3.20. The van der Waals surface area contributed by atoms with E-state index in [1.54, 1.807) is 0 Å². The van der Waals surface area contributed by atoms with Crippen molar-refractivity contribution in [2.75, 3.05) is 10.7 Å². The molecule has 0 fully saturated rings. The second kappa shape index (κ2) is 5.63. The number of carbonyl (C=O) groups excluding carboxylic acids is 1. The Labute approximate surface area is 106 Å². The van der Waals surface area contributed by atoms with Crippen molar-refractivity contribution in [1.29, 1.82) is 0 Å². The second-order valence-corrected chi connectivity index (χ2v) is 4.70. The Morgan fingerprint density at radius 1 is 1.39 bits per heavy atom. The molecule has 7 nitrogen and oxygen atoms in total. The SMILES string of the molecule is CCc1c(NN)ncnc1NC(C)(C)CC(N)=O. The van der Waals surface area contributed by atoms with Gasteiger partial charge >= 0.3 is 0 Å². The molecule has 1 rings (SSSR count). The molecule has 1 aromatic rings. The van der Waals surface area contributed by atoms with Gasteiger partial charge in [0, 0.05) is 17.5 Å². The van der Waals surface area contributed by atoms with E-state index in [4.69, 9.17) is 11.6 Å². The molecule has 1 aromatic heterocycles. The van der Waals surface area contributed by atoms with Gasteiger partial charge in [0.15, 0.2) is 0 Å². The maximum atomic E-state index is 11.0. The third-order valence-electron chi connectivity index (χ3n) is 2.51. The zero-order chi connectivity index (χ0) is 13.8. The third kappa shape index (κ3) is 3.56. The van der Waals surface area contributed by atoms with Crippen LogP contribution in [0.1, 0.15) is 32.8 Å². The van der Waals surface area contributed by atoms with Crippen molar-refractivity contribution in [1.82, 2.24) is 9.97 Å². The molecule has 0 bridgehead atoms. The van der Waals surface area contributed by atoms with Crippen LogP contribution in [0.5, 0.6) is 0 Å². The number of primary amides is 1. The molecule has 18 heavy (non-hydrogen) atoms. The Morgan fingerprint density at radius 2 is 2.00 bits per heavy atom. The fraction of sp³-hybridized carbons (Fsp3) is 0.545. The van der Waals surface area contributed by atoms with E-state index in [0.717, 1.165) is 12.0 Å². The van der Waals surface area contributed by atoms with Crippen molar-refractivity contribution in [3.8, 4) is 0 Å². The Kier molecular flexibility index (Phi) is 4.43. The van der Waals surface area contributed by atoms with Crippen molar-refractivity contribution in [3.63, 3.8) is 0 Å². The minimum Gasteiger partial charge on any atom is -0.370 e. The van der Waals surface area contributed by atoms with Crippen molar-refractivity contribution < 1.29 is 4.79 Å². The number of nitrogens with one attached hydrogen (secondary N) is 2. The van der Waals surface area contributed by atoms with E-state index in [1.165, 1.54) is 6.33 Å². The van der Waals surface area contributed by atoms with Gasteiger partial charge in [0.2, 0.25) is 5.91 Å². The number of hydrogen-bond donors (Lipinski definition) is 4. The molecule has 0 saturated carbocycles. The lowest BCUT2D eigenvalue weighted by Gasteiger charge is -2.26. The average Bonchev–Trinajstić information content (AvgIpc) is 2.26. The van der Waals surface area contributed by atoms with Gasteiger partial charge in [-0.15, -0.1) is 0 Å². The smallest absolute Gasteiger partial charge is 0.219 e. The van der Waals surface area contributed by atoms with Crippen LogP contribution in [-0.2, 0) is 11.2 Å². The summed E-state index contributed by atoms with van der Waals surface area (Å²) in [5.41, 5.74) is 8.14. The normalized spacial score (nSPS) is 11.1. The highest BCUT2D eigenvalue weighted by molar-refractivity contribution is 5.75. The molecular formula is C11H20N6O. The summed E-state index contributed by atoms with van der Waals surface area (Å²) in [6, 6.07) is 0. The number of nitrogen functional groups attached to an aromatic ring is 1. The van der Waals surface area contributed by atoms with E-state index >= 15 is 0 Å². The molecule has 0 aromatic carbocycles. The van der Waals surface area contributed by atoms with E-state index in [1.807, 2.05) is 20.8 Å². The molecule has 1 amide bonds. The fourth-order valence-electron chi connectivity index (χ4n) is 1.78. The molecule has 100 valence electrons. The zero-order valence-corrected chi connectivity index (χ0v) is 10.9. The first-order valence-corrected chi connectivity index (χ1v) is 5.76. The van der Waals surface area contributed by atoms with Gasteiger partial charge in [0.25, 0.3) is 0 Å². The predicted octanol–water partition coefficient (Wildman–Crippen LogP) is 0.391. The van der Waals surface area contributed by atoms with Gasteiger partial charge in [-0.3, -0.25) is 4.79 Å². The number of nitrogens with two attached hydrogens (primary N) is 2. The monoisotopic (exact) mass is 252 g/mol. The molecule has 0 aliphatic rings. The van der Waals surface area contributed by atoms with Crippen molar-refractivity contribution in [3.05, 3.63) is 11.9 Å². The zero-order valence-electron chi connectivity index (χ0n) is 10.9. The predicted molar refractivity (Wildman–Crippen MR) is 70.7 cm³/mol. The lowest BCUT2D eigenvalue weighted by Crippen LogP contribution is -2.36. The molecule has 7 heteroatoms. The summed E-state index contributed by atoms with van der Waals surface area (Å²) in [6.07, 6.45) is 2.35. The summed E-state index contributed by atoms with van der Waals surface area (Å²) in [5.74, 6) is 6.27. The molecular weight excluding hydrogens is 232 g/mol. The maximum Gasteiger partial charge on any atom is 0.219 e. The van der Waals surface area contributed by atoms with Crippen LogP contribution >= 0.6 is 0 Å². The number of amides is 1. The first kappa shape index (κ1) is 14.2. The number of carbonyl (C=O) groups is 1. The quantitative estimate of drug-likeness (QED) is 0.429. The number of rotatable bonds is 6. The molecule has 0 spiro atoms. The average molecular weight is 252 g/mol. The first-order chi connectivity index (χ1) is 8.39. The van der Waals surface area contributed by atoms with Gasteiger partial charge in [-0.2, -0.15) is 0 Å². The Balaban J connectivity index is 3.00. The van der Waals surface area contributed by atoms with Gasteiger partial charge in [-0.1, -0.05) is 6.92 Å². The van der Waals surface area contributed by atoms with E-state index in [0.29, 0.717) is 11.6 Å². The van der Waals surface area contributed by atoms with Crippen molar-refractivity contribution >= 4 is 17.5 Å². The Bertz CT molecular complexity index is 432. The van der Waals surface area contributed by atoms with Gasteiger partial charge < -0.3 is 16.5 Å². The van der Waals surface area contributed by atoms with Crippen LogP contribution in [0.15, 0.2) is 6.33 Å². The first-order valence-electron chi connectivity index (χ1n) is 5.76. The third-order valence-corrected chi connectivity index (χ3v) is 2.51. The molecule has 0 radical (unpaired) electrons. The number of nitrogens with zero attached hydrogens (tertiary/aromatic N) is 2. The molecule has 0 aliphatic carbocycles. The van der Waals surface area contributed by atoms with E-state index < -0.39 is 5.54 Å². The topological polar surface area (TPSA) is 119 Å². The highest BCUT2D eigenvalue weighted by Crippen LogP contribution is 2.23.